The zero-order chi connectivity index (χ0) is 42.0. The number of hydrogen-bond acceptors (Lipinski definition) is 7. The summed E-state index contributed by atoms with van der Waals surface area (Å²) in [6.07, 6.45) is 52.1. The summed E-state index contributed by atoms with van der Waals surface area (Å²) in [5, 5.41) is 0. The maximum absolute atomic E-state index is 12.6. The quantitative estimate of drug-likeness (QED) is 0.0199. The maximum atomic E-state index is 12.6. The van der Waals surface area contributed by atoms with Crippen LogP contribution in [0.3, 0.4) is 0 Å². The minimum Gasteiger partial charge on any atom is -0.756 e. The molecule has 0 radical (unpaired) electrons. The average Bonchev–Trinajstić information content (AvgIpc) is 3.16. The largest absolute Gasteiger partial charge is 0.756 e. The number of ether oxygens (including phenoxy) is 2. The van der Waals surface area contributed by atoms with Crippen molar-refractivity contribution >= 4 is 13.8 Å². The van der Waals surface area contributed by atoms with Crippen LogP contribution in [0.1, 0.15) is 168 Å². The molecule has 0 spiro atoms. The monoisotopic (exact) mass is 820 g/mol. The van der Waals surface area contributed by atoms with Crippen molar-refractivity contribution in [3.8, 4) is 0 Å². The molecular formula is C48H86NO7P. The van der Waals surface area contributed by atoms with Gasteiger partial charge in [0.2, 0.25) is 0 Å². The molecule has 2 atom stereocenters. The van der Waals surface area contributed by atoms with Crippen molar-refractivity contribution < 1.29 is 37.3 Å². The highest BCUT2D eigenvalue weighted by molar-refractivity contribution is 7.45. The number of phosphoric acid groups is 1. The van der Waals surface area contributed by atoms with Gasteiger partial charge in [0, 0.05) is 13.0 Å². The molecule has 0 saturated carbocycles. The Morgan fingerprint density at radius 3 is 1.53 bits per heavy atom. The van der Waals surface area contributed by atoms with Gasteiger partial charge in [-0.2, -0.15) is 0 Å². The summed E-state index contributed by atoms with van der Waals surface area (Å²) in [5.74, 6) is -0.369. The predicted octanol–water partition coefficient (Wildman–Crippen LogP) is 12.9. The molecule has 0 fully saturated rings. The van der Waals surface area contributed by atoms with Crippen LogP contribution in [0.15, 0.2) is 72.9 Å². The number of likely N-dealkylation sites (N-methyl/N-ethyl adjacent to an activating group) is 1. The number of rotatable bonds is 41. The molecule has 0 aromatic rings. The minimum absolute atomic E-state index is 0.0143. The number of phosphoric ester groups is 1. The third-order valence-corrected chi connectivity index (χ3v) is 10.2. The molecule has 0 amide bonds. The topological polar surface area (TPSA) is 94.1 Å². The van der Waals surface area contributed by atoms with Crippen LogP contribution >= 0.6 is 7.82 Å². The highest BCUT2D eigenvalue weighted by Gasteiger charge is 2.20. The van der Waals surface area contributed by atoms with Crippen LogP contribution in [0.2, 0.25) is 0 Å². The van der Waals surface area contributed by atoms with Gasteiger partial charge >= 0.3 is 5.97 Å². The lowest BCUT2D eigenvalue weighted by Gasteiger charge is -2.28. The van der Waals surface area contributed by atoms with E-state index < -0.39 is 13.9 Å². The summed E-state index contributed by atoms with van der Waals surface area (Å²) in [5.41, 5.74) is 0. The Kier molecular flexibility index (Phi) is 39.2. The third kappa shape index (κ3) is 44.9. The number of carbonyl (C=O) groups excluding carboxylic acids is 1. The summed E-state index contributed by atoms with van der Waals surface area (Å²) in [6.45, 7) is 5.20. The molecule has 0 aromatic heterocycles. The molecule has 8 nitrogen and oxygen atoms in total. The first kappa shape index (κ1) is 54.9. The second kappa shape index (κ2) is 40.7. The molecule has 0 aliphatic rings. The van der Waals surface area contributed by atoms with Crippen LogP contribution in [0, 0.1) is 0 Å². The van der Waals surface area contributed by atoms with E-state index in [2.05, 4.69) is 86.8 Å². The summed E-state index contributed by atoms with van der Waals surface area (Å²) in [6, 6.07) is 0. The number of esters is 1. The van der Waals surface area contributed by atoms with Gasteiger partial charge in [0.25, 0.3) is 7.82 Å². The number of quaternary nitrogens is 1. The number of unbranched alkanes of at least 4 members (excludes halogenated alkanes) is 15. The van der Waals surface area contributed by atoms with Crippen LogP contribution in [-0.2, 0) is 27.9 Å². The van der Waals surface area contributed by atoms with E-state index in [9.17, 15) is 14.3 Å². The second-order valence-corrected chi connectivity index (χ2v) is 17.4. The Labute approximate surface area is 351 Å². The van der Waals surface area contributed by atoms with Crippen molar-refractivity contribution in [3.05, 3.63) is 72.9 Å². The highest BCUT2D eigenvalue weighted by atomic mass is 31.2. The van der Waals surface area contributed by atoms with Crippen molar-refractivity contribution in [2.75, 3.05) is 54.1 Å². The van der Waals surface area contributed by atoms with E-state index in [-0.39, 0.29) is 32.2 Å². The fourth-order valence-corrected chi connectivity index (χ4v) is 6.47. The molecule has 0 rings (SSSR count). The first-order valence-corrected chi connectivity index (χ1v) is 24.1. The van der Waals surface area contributed by atoms with Crippen LogP contribution in [0.5, 0.6) is 0 Å². The molecule has 0 N–H and O–H groups in total. The zero-order valence-electron chi connectivity index (χ0n) is 37.3. The fourth-order valence-electron chi connectivity index (χ4n) is 5.74. The Bertz CT molecular complexity index is 1140. The van der Waals surface area contributed by atoms with Crippen molar-refractivity contribution in [2.45, 2.75) is 174 Å². The van der Waals surface area contributed by atoms with Crippen LogP contribution in [0.25, 0.3) is 0 Å². The molecular weight excluding hydrogens is 734 g/mol. The van der Waals surface area contributed by atoms with E-state index in [4.69, 9.17) is 18.5 Å². The van der Waals surface area contributed by atoms with E-state index in [0.717, 1.165) is 77.0 Å². The van der Waals surface area contributed by atoms with Gasteiger partial charge in [-0.05, 0) is 83.5 Å². The first-order valence-electron chi connectivity index (χ1n) is 22.7. The van der Waals surface area contributed by atoms with Crippen molar-refractivity contribution in [3.63, 3.8) is 0 Å². The SMILES string of the molecule is CC/C=C\C/C=C\C/C=C\CCCCCC(=O)OC(COCCCCCCCCC/C=C\C/C=C\C/C=C\CCCCCCC)COP(=O)([O-])OCC[N+](C)(C)C. The summed E-state index contributed by atoms with van der Waals surface area (Å²) in [7, 11) is 1.32. The van der Waals surface area contributed by atoms with E-state index >= 15 is 0 Å². The number of nitrogens with zero attached hydrogens (tertiary/aromatic N) is 1. The van der Waals surface area contributed by atoms with Crippen molar-refractivity contribution in [1.29, 1.82) is 0 Å². The minimum atomic E-state index is -4.54. The Hall–Kier alpha value is -2.06. The van der Waals surface area contributed by atoms with Crippen LogP contribution in [0.4, 0.5) is 0 Å². The van der Waals surface area contributed by atoms with Crippen LogP contribution < -0.4 is 4.89 Å². The molecule has 0 bridgehead atoms. The van der Waals surface area contributed by atoms with Gasteiger partial charge in [-0.25, -0.2) is 0 Å². The standard InChI is InChI=1S/C48H86NO7P/c1-6-8-10-12-14-16-18-20-21-22-23-24-25-26-27-28-30-32-34-36-38-40-43-53-45-47(46-55-57(51,52)54-44-42-49(3,4)5)56-48(50)41-39-37-35-33-31-29-19-17-15-13-11-9-7-2/h9,11,15,17-18,20,22-23,25-26,29,31,47H,6-8,10,12-14,16,19,21,24,27-28,30,32-46H2,1-5H3/b11-9-,17-15-,20-18-,23-22-,26-25-,31-29-. The lowest BCUT2D eigenvalue weighted by Crippen LogP contribution is -2.37. The molecule has 330 valence electrons. The number of carbonyl (C=O) groups is 1. The normalized spacial score (nSPS) is 14.4. The second-order valence-electron chi connectivity index (χ2n) is 16.0. The fraction of sp³-hybridized carbons (Fsp3) is 0.729. The van der Waals surface area contributed by atoms with E-state index in [0.29, 0.717) is 24.1 Å². The molecule has 9 heteroatoms. The van der Waals surface area contributed by atoms with Gasteiger partial charge in [0.15, 0.2) is 0 Å². The number of hydrogen-bond donors (Lipinski definition) is 0. The molecule has 0 aliphatic carbocycles. The third-order valence-electron chi connectivity index (χ3n) is 9.24. The predicted molar refractivity (Wildman–Crippen MR) is 240 cm³/mol. The van der Waals surface area contributed by atoms with E-state index in [1.807, 2.05) is 21.1 Å². The molecule has 0 aromatic carbocycles. The van der Waals surface area contributed by atoms with E-state index in [1.54, 1.807) is 0 Å². The lowest BCUT2D eigenvalue weighted by molar-refractivity contribution is -0.870. The Balaban J connectivity index is 4.24. The van der Waals surface area contributed by atoms with Gasteiger partial charge in [-0.1, -0.05) is 151 Å². The first-order chi connectivity index (χ1) is 27.6. The Morgan fingerprint density at radius 2 is 1.02 bits per heavy atom. The van der Waals surface area contributed by atoms with Crippen LogP contribution in [-0.4, -0.2) is 70.7 Å². The molecule has 57 heavy (non-hydrogen) atoms. The highest BCUT2D eigenvalue weighted by Crippen LogP contribution is 2.38. The van der Waals surface area contributed by atoms with Gasteiger partial charge in [0.05, 0.1) is 34.4 Å². The average molecular weight is 820 g/mol. The molecule has 0 heterocycles. The maximum Gasteiger partial charge on any atom is 0.306 e. The smallest absolute Gasteiger partial charge is 0.306 e. The van der Waals surface area contributed by atoms with Crippen molar-refractivity contribution in [2.24, 2.45) is 0 Å². The Morgan fingerprint density at radius 1 is 0.561 bits per heavy atom. The summed E-state index contributed by atoms with van der Waals surface area (Å²) >= 11 is 0. The van der Waals surface area contributed by atoms with Gasteiger partial charge in [-0.3, -0.25) is 9.36 Å². The lowest BCUT2D eigenvalue weighted by atomic mass is 10.1. The number of allylic oxidation sites excluding steroid dienone is 12. The molecule has 2 unspecified atom stereocenters. The van der Waals surface area contributed by atoms with Gasteiger partial charge < -0.3 is 27.9 Å². The van der Waals surface area contributed by atoms with E-state index in [1.165, 1.54) is 64.2 Å². The summed E-state index contributed by atoms with van der Waals surface area (Å²) in [4.78, 5) is 25.0. The van der Waals surface area contributed by atoms with Gasteiger partial charge in [0.1, 0.15) is 19.3 Å². The molecule has 0 aliphatic heterocycles. The zero-order valence-corrected chi connectivity index (χ0v) is 38.2. The molecule has 0 saturated heterocycles. The van der Waals surface area contributed by atoms with Gasteiger partial charge in [-0.15, -0.1) is 0 Å². The van der Waals surface area contributed by atoms with Crippen molar-refractivity contribution in [1.82, 2.24) is 0 Å². The summed E-state index contributed by atoms with van der Waals surface area (Å²) < 4.78 is 34.5.